The Kier molecular flexibility index (Phi) is 7.26. The van der Waals surface area contributed by atoms with Gasteiger partial charge < -0.3 is 0 Å². The van der Waals surface area contributed by atoms with E-state index < -0.39 is 11.2 Å². The third kappa shape index (κ3) is 4.22. The molecule has 2 atom stereocenters. The minimum Gasteiger partial charge on any atom is -0.223 e. The number of hydrogen-bond acceptors (Lipinski definition) is 2. The first kappa shape index (κ1) is 24.6. The molecule has 166 valence electrons. The zero-order valence-corrected chi connectivity index (χ0v) is 20.7. The summed E-state index contributed by atoms with van der Waals surface area (Å²) in [6.45, 7) is 22.3. The average molecular weight is 411 g/mol. The predicted molar refractivity (Wildman–Crippen MR) is 127 cm³/mol. The van der Waals surface area contributed by atoms with Crippen LogP contribution in [-0.2, 0) is 21.0 Å². The van der Waals surface area contributed by atoms with Crippen molar-refractivity contribution in [2.45, 2.75) is 80.4 Å². The van der Waals surface area contributed by atoms with E-state index in [1.165, 1.54) is 0 Å². The normalized spacial score (nSPS) is 17.1. The van der Waals surface area contributed by atoms with Gasteiger partial charge in [-0.15, -0.1) is 0 Å². The third-order valence-electron chi connectivity index (χ3n) is 6.56. The summed E-state index contributed by atoms with van der Waals surface area (Å²) in [5.74, 6) is 0.418. The van der Waals surface area contributed by atoms with Crippen LogP contribution in [0.3, 0.4) is 0 Å². The molecule has 0 aliphatic rings. The first-order valence-corrected chi connectivity index (χ1v) is 11.3. The lowest BCUT2D eigenvalue weighted by Gasteiger charge is -2.52. The molecule has 0 aliphatic heterocycles. The molecule has 0 N–H and O–H groups in total. The number of hydrogen-bond donors (Lipinski definition) is 0. The predicted octanol–water partition coefficient (Wildman–Crippen LogP) is 8.13. The maximum absolute atomic E-state index is 6.75. The molecule has 2 heteroatoms. The molecule has 2 aromatic carbocycles. The van der Waals surface area contributed by atoms with Crippen LogP contribution < -0.4 is 0 Å². The summed E-state index contributed by atoms with van der Waals surface area (Å²) in [5, 5.41) is 0. The standard InChI is InChI=1S/C28H42O2/c1-21(2)27(25(5,6)7,23-17-13-11-14-18-23)29-30-28(22(3)4,26(8,9)10)24-19-15-12-16-20-24/h11-22H,1-10H3. The van der Waals surface area contributed by atoms with Crippen LogP contribution in [0.15, 0.2) is 60.7 Å². The molecule has 0 fully saturated rings. The van der Waals surface area contributed by atoms with Gasteiger partial charge in [0.05, 0.1) is 0 Å². The van der Waals surface area contributed by atoms with E-state index in [0.29, 0.717) is 0 Å². The molecule has 2 aromatic rings. The van der Waals surface area contributed by atoms with Crippen molar-refractivity contribution in [3.63, 3.8) is 0 Å². The molecule has 0 spiro atoms. The van der Waals surface area contributed by atoms with Gasteiger partial charge in [0, 0.05) is 0 Å². The van der Waals surface area contributed by atoms with Gasteiger partial charge in [0.1, 0.15) is 11.2 Å². The molecule has 0 heterocycles. The molecular weight excluding hydrogens is 368 g/mol. The SMILES string of the molecule is CC(C)C(OOC(c1ccccc1)(C(C)C)C(C)(C)C)(c1ccccc1)C(C)(C)C. The zero-order valence-electron chi connectivity index (χ0n) is 20.7. The summed E-state index contributed by atoms with van der Waals surface area (Å²) in [7, 11) is 0. The largest absolute Gasteiger partial charge is 0.223 e. The van der Waals surface area contributed by atoms with Crippen molar-refractivity contribution in [1.29, 1.82) is 0 Å². The van der Waals surface area contributed by atoms with Crippen molar-refractivity contribution in [2.24, 2.45) is 22.7 Å². The van der Waals surface area contributed by atoms with Gasteiger partial charge in [-0.25, -0.2) is 9.78 Å². The Labute approximate surface area is 184 Å². The maximum Gasteiger partial charge on any atom is 0.135 e. The molecule has 2 unspecified atom stereocenters. The minimum atomic E-state index is -0.603. The van der Waals surface area contributed by atoms with Crippen LogP contribution in [0.2, 0.25) is 0 Å². The van der Waals surface area contributed by atoms with Gasteiger partial charge in [0.15, 0.2) is 0 Å². The van der Waals surface area contributed by atoms with E-state index in [2.05, 4.69) is 130 Å². The van der Waals surface area contributed by atoms with Gasteiger partial charge in [-0.3, -0.25) is 0 Å². The van der Waals surface area contributed by atoms with Gasteiger partial charge >= 0.3 is 0 Å². The quantitative estimate of drug-likeness (QED) is 0.339. The smallest absolute Gasteiger partial charge is 0.135 e. The van der Waals surface area contributed by atoms with Crippen molar-refractivity contribution < 1.29 is 9.78 Å². The van der Waals surface area contributed by atoms with E-state index >= 15 is 0 Å². The van der Waals surface area contributed by atoms with Crippen LogP contribution in [0, 0.1) is 22.7 Å². The second-order valence-electron chi connectivity index (χ2n) is 11.2. The van der Waals surface area contributed by atoms with Gasteiger partial charge in [-0.2, -0.15) is 0 Å². The van der Waals surface area contributed by atoms with E-state index in [0.717, 1.165) is 11.1 Å². The highest BCUT2D eigenvalue weighted by atomic mass is 17.2. The molecule has 30 heavy (non-hydrogen) atoms. The minimum absolute atomic E-state index is 0.181. The highest BCUT2D eigenvalue weighted by Gasteiger charge is 2.54. The summed E-state index contributed by atoms with van der Waals surface area (Å²) in [5.41, 5.74) is 0.724. The highest BCUT2D eigenvalue weighted by molar-refractivity contribution is 5.27. The van der Waals surface area contributed by atoms with Crippen LogP contribution in [-0.4, -0.2) is 0 Å². The lowest BCUT2D eigenvalue weighted by Crippen LogP contribution is -2.53. The summed E-state index contributed by atoms with van der Waals surface area (Å²) >= 11 is 0. The highest BCUT2D eigenvalue weighted by Crippen LogP contribution is 2.53. The Hall–Kier alpha value is -1.64. The molecule has 0 saturated heterocycles. The fraction of sp³-hybridized carbons (Fsp3) is 0.571. The third-order valence-corrected chi connectivity index (χ3v) is 6.56. The fourth-order valence-electron chi connectivity index (χ4n) is 5.31. The van der Waals surface area contributed by atoms with Gasteiger partial charge in [-0.1, -0.05) is 130 Å². The summed E-state index contributed by atoms with van der Waals surface area (Å²) < 4.78 is 0. The summed E-state index contributed by atoms with van der Waals surface area (Å²) in [6.07, 6.45) is 0. The Morgan fingerprint density at radius 2 is 0.767 bits per heavy atom. The lowest BCUT2D eigenvalue weighted by atomic mass is 9.65. The molecule has 2 nitrogen and oxygen atoms in total. The average Bonchev–Trinajstić information content (AvgIpc) is 2.64. The van der Waals surface area contributed by atoms with Gasteiger partial charge in [0.25, 0.3) is 0 Å². The Morgan fingerprint density at radius 3 is 0.967 bits per heavy atom. The second kappa shape index (κ2) is 8.85. The molecule has 0 saturated carbocycles. The van der Waals surface area contributed by atoms with Crippen molar-refractivity contribution in [1.82, 2.24) is 0 Å². The second-order valence-corrected chi connectivity index (χ2v) is 11.2. The molecule has 0 aliphatic carbocycles. The zero-order chi connectivity index (χ0) is 22.8. The van der Waals surface area contributed by atoms with Crippen LogP contribution in [0.25, 0.3) is 0 Å². The lowest BCUT2D eigenvalue weighted by molar-refractivity contribution is -0.471. The topological polar surface area (TPSA) is 18.5 Å². The van der Waals surface area contributed by atoms with E-state index in [4.69, 9.17) is 9.78 Å². The van der Waals surface area contributed by atoms with Crippen LogP contribution in [0.5, 0.6) is 0 Å². The van der Waals surface area contributed by atoms with E-state index in [-0.39, 0.29) is 22.7 Å². The van der Waals surface area contributed by atoms with Gasteiger partial charge in [-0.05, 0) is 33.8 Å². The number of rotatable bonds is 7. The van der Waals surface area contributed by atoms with Crippen LogP contribution in [0.4, 0.5) is 0 Å². The van der Waals surface area contributed by atoms with E-state index in [1.807, 2.05) is 0 Å². The molecular formula is C28H42O2. The number of benzene rings is 2. The van der Waals surface area contributed by atoms with Crippen LogP contribution >= 0.6 is 0 Å². The molecule has 2 rings (SSSR count). The molecule has 0 amide bonds. The summed E-state index contributed by atoms with van der Waals surface area (Å²) in [4.78, 5) is 13.5. The van der Waals surface area contributed by atoms with E-state index in [9.17, 15) is 0 Å². The first-order chi connectivity index (χ1) is 13.8. The van der Waals surface area contributed by atoms with Crippen LogP contribution in [0.1, 0.15) is 80.4 Å². The van der Waals surface area contributed by atoms with Crippen molar-refractivity contribution in [3.05, 3.63) is 71.8 Å². The Bertz CT molecular complexity index is 711. The van der Waals surface area contributed by atoms with Crippen molar-refractivity contribution >= 4 is 0 Å². The molecule has 0 radical (unpaired) electrons. The summed E-state index contributed by atoms with van der Waals surface area (Å²) in [6, 6.07) is 21.1. The van der Waals surface area contributed by atoms with Gasteiger partial charge in [0.2, 0.25) is 0 Å². The monoisotopic (exact) mass is 410 g/mol. The maximum atomic E-state index is 6.75. The van der Waals surface area contributed by atoms with Crippen molar-refractivity contribution in [3.8, 4) is 0 Å². The Morgan fingerprint density at radius 1 is 0.500 bits per heavy atom. The molecule has 0 aromatic heterocycles. The molecule has 0 bridgehead atoms. The first-order valence-electron chi connectivity index (χ1n) is 11.3. The fourth-order valence-corrected chi connectivity index (χ4v) is 5.31. The Balaban J connectivity index is 2.67. The van der Waals surface area contributed by atoms with E-state index in [1.54, 1.807) is 0 Å². The van der Waals surface area contributed by atoms with Crippen molar-refractivity contribution in [2.75, 3.05) is 0 Å².